The summed E-state index contributed by atoms with van der Waals surface area (Å²) in [5, 5.41) is 9.08. The van der Waals surface area contributed by atoms with Gasteiger partial charge in [0.1, 0.15) is 5.82 Å². The molecular formula is C20H27FN2O3S. The summed E-state index contributed by atoms with van der Waals surface area (Å²) in [5.74, 6) is -1.21. The molecule has 0 bridgehead atoms. The van der Waals surface area contributed by atoms with E-state index in [2.05, 4.69) is 4.90 Å². The Morgan fingerprint density at radius 1 is 1.19 bits per heavy atom. The Hall–Kier alpha value is -2.09. The van der Waals surface area contributed by atoms with E-state index >= 15 is 0 Å². The van der Waals surface area contributed by atoms with E-state index in [4.69, 9.17) is 9.94 Å². The zero-order valence-electron chi connectivity index (χ0n) is 15.6. The fourth-order valence-corrected chi connectivity index (χ4v) is 2.91. The van der Waals surface area contributed by atoms with Crippen molar-refractivity contribution < 1.29 is 19.1 Å². The first-order valence-corrected chi connectivity index (χ1v) is 8.53. The highest BCUT2D eigenvalue weighted by atomic mass is 32.1. The van der Waals surface area contributed by atoms with E-state index in [1.54, 1.807) is 24.7 Å². The van der Waals surface area contributed by atoms with Gasteiger partial charge in [-0.3, -0.25) is 10.0 Å². The van der Waals surface area contributed by atoms with Crippen LogP contribution in [0.3, 0.4) is 0 Å². The zero-order valence-corrected chi connectivity index (χ0v) is 16.6. The number of nitrogens with one attached hydrogen (secondary N) is 1. The number of ether oxygens (including phenoxy) is 1. The lowest BCUT2D eigenvalue weighted by molar-refractivity contribution is -0.134. The Morgan fingerprint density at radius 3 is 2.37 bits per heavy atom. The van der Waals surface area contributed by atoms with Crippen molar-refractivity contribution >= 4 is 25.1 Å². The fourth-order valence-electron chi connectivity index (χ4n) is 2.91. The molecule has 2 aromatic carbocycles. The molecule has 0 aromatic heterocycles. The van der Waals surface area contributed by atoms with Crippen molar-refractivity contribution in [3.8, 4) is 0 Å². The van der Waals surface area contributed by atoms with Gasteiger partial charge in [0.05, 0.1) is 6.10 Å². The Balaban J connectivity index is 0.00000364. The summed E-state index contributed by atoms with van der Waals surface area (Å²) in [6, 6.07) is 15.9. The molecule has 0 saturated carbocycles. The summed E-state index contributed by atoms with van der Waals surface area (Å²) in [6.07, 6.45) is 0.565. The number of hydrogen-bond donors (Lipinski definition) is 2. The van der Waals surface area contributed by atoms with Crippen LogP contribution in [-0.4, -0.2) is 31.8 Å². The number of anilines is 1. The van der Waals surface area contributed by atoms with Crippen LogP contribution in [-0.2, 0) is 9.53 Å². The van der Waals surface area contributed by atoms with Gasteiger partial charge < -0.3 is 9.64 Å². The van der Waals surface area contributed by atoms with Crippen LogP contribution in [0.4, 0.5) is 10.1 Å². The van der Waals surface area contributed by atoms with E-state index in [0.717, 1.165) is 11.3 Å². The van der Waals surface area contributed by atoms with E-state index < -0.39 is 11.8 Å². The van der Waals surface area contributed by atoms with Gasteiger partial charge in [0.25, 0.3) is 0 Å². The molecule has 0 heterocycles. The third-order valence-electron chi connectivity index (χ3n) is 4.52. The van der Waals surface area contributed by atoms with Gasteiger partial charge in [0.15, 0.2) is 0 Å². The third-order valence-corrected chi connectivity index (χ3v) is 4.52. The zero-order chi connectivity index (χ0) is 18.9. The molecule has 0 aliphatic rings. The van der Waals surface area contributed by atoms with E-state index in [-0.39, 0.29) is 25.4 Å². The normalized spacial score (nSPS) is 12.6. The number of halogens is 1. The molecule has 0 aliphatic carbocycles. The van der Waals surface area contributed by atoms with Crippen molar-refractivity contribution in [3.05, 3.63) is 66.0 Å². The molecule has 7 heteroatoms. The SMILES string of the molecule is CO[C@H](C[C@H](CCN(C)c1ccccc1)C(=O)NO)c1ccc(F)cc1.S. The molecule has 27 heavy (non-hydrogen) atoms. The van der Waals surface area contributed by atoms with Crippen molar-refractivity contribution in [2.45, 2.75) is 18.9 Å². The molecule has 0 fully saturated rings. The first-order chi connectivity index (χ1) is 12.5. The highest BCUT2D eigenvalue weighted by Gasteiger charge is 2.24. The number of benzene rings is 2. The lowest BCUT2D eigenvalue weighted by Gasteiger charge is -2.25. The number of hydroxylamine groups is 1. The van der Waals surface area contributed by atoms with Crippen LogP contribution in [0.25, 0.3) is 0 Å². The largest absolute Gasteiger partial charge is 0.377 e. The minimum absolute atomic E-state index is 0. The molecular weight excluding hydrogens is 367 g/mol. The van der Waals surface area contributed by atoms with Gasteiger partial charge >= 0.3 is 0 Å². The predicted octanol–water partition coefficient (Wildman–Crippen LogP) is 3.66. The molecule has 2 aromatic rings. The highest BCUT2D eigenvalue weighted by molar-refractivity contribution is 7.59. The second kappa shape index (κ2) is 11.6. The van der Waals surface area contributed by atoms with Crippen LogP contribution >= 0.6 is 13.5 Å². The first-order valence-electron chi connectivity index (χ1n) is 8.53. The summed E-state index contributed by atoms with van der Waals surface area (Å²) in [4.78, 5) is 14.2. The monoisotopic (exact) mass is 394 g/mol. The van der Waals surface area contributed by atoms with Gasteiger partial charge in [-0.05, 0) is 42.7 Å². The average molecular weight is 395 g/mol. The smallest absolute Gasteiger partial charge is 0.246 e. The summed E-state index contributed by atoms with van der Waals surface area (Å²) in [6.45, 7) is 0.641. The highest BCUT2D eigenvalue weighted by Crippen LogP contribution is 2.27. The van der Waals surface area contributed by atoms with E-state index in [1.807, 2.05) is 37.4 Å². The topological polar surface area (TPSA) is 61.8 Å². The summed E-state index contributed by atoms with van der Waals surface area (Å²) >= 11 is 0. The number of methoxy groups -OCH3 is 1. The van der Waals surface area contributed by atoms with Crippen molar-refractivity contribution in [3.63, 3.8) is 0 Å². The number of amides is 1. The molecule has 2 N–H and O–H groups in total. The van der Waals surface area contributed by atoms with Crippen molar-refractivity contribution in [1.82, 2.24) is 5.48 Å². The summed E-state index contributed by atoms with van der Waals surface area (Å²) < 4.78 is 18.6. The number of rotatable bonds is 9. The molecule has 0 unspecified atom stereocenters. The van der Waals surface area contributed by atoms with Crippen molar-refractivity contribution in [1.29, 1.82) is 0 Å². The molecule has 2 atom stereocenters. The third kappa shape index (κ3) is 6.86. The molecule has 0 saturated heterocycles. The van der Waals surface area contributed by atoms with Crippen molar-refractivity contribution in [2.75, 3.05) is 25.6 Å². The van der Waals surface area contributed by atoms with Crippen LogP contribution in [0.5, 0.6) is 0 Å². The Labute approximate surface area is 166 Å². The van der Waals surface area contributed by atoms with E-state index in [9.17, 15) is 9.18 Å². The van der Waals surface area contributed by atoms with Gasteiger partial charge in [-0.2, -0.15) is 13.5 Å². The predicted molar refractivity (Wildman–Crippen MR) is 109 cm³/mol. The van der Waals surface area contributed by atoms with Crippen LogP contribution in [0.2, 0.25) is 0 Å². The number of hydrogen-bond acceptors (Lipinski definition) is 4. The first kappa shape index (κ1) is 23.0. The number of carbonyl (C=O) groups excluding carboxylic acids is 1. The second-order valence-electron chi connectivity index (χ2n) is 6.23. The van der Waals surface area contributed by atoms with Crippen LogP contribution in [0.1, 0.15) is 24.5 Å². The van der Waals surface area contributed by atoms with E-state index in [0.29, 0.717) is 19.4 Å². The van der Waals surface area contributed by atoms with E-state index in [1.165, 1.54) is 12.1 Å². The minimum Gasteiger partial charge on any atom is -0.377 e. The Morgan fingerprint density at radius 2 is 1.81 bits per heavy atom. The molecule has 148 valence electrons. The lowest BCUT2D eigenvalue weighted by Crippen LogP contribution is -2.32. The average Bonchev–Trinajstić information content (AvgIpc) is 2.69. The van der Waals surface area contributed by atoms with Gasteiger partial charge in [-0.15, -0.1) is 0 Å². The molecule has 1 amide bonds. The maximum atomic E-state index is 13.1. The van der Waals surface area contributed by atoms with Crippen LogP contribution in [0, 0.1) is 11.7 Å². The van der Waals surface area contributed by atoms with Gasteiger partial charge in [0, 0.05) is 32.3 Å². The molecule has 0 aliphatic heterocycles. The molecule has 0 radical (unpaired) electrons. The number of para-hydroxylation sites is 1. The van der Waals surface area contributed by atoms with Crippen LogP contribution < -0.4 is 10.4 Å². The lowest BCUT2D eigenvalue weighted by atomic mass is 9.93. The standard InChI is InChI=1S/C20H25FN2O3.H2S/c1-23(18-6-4-3-5-7-18)13-12-16(20(24)22-25)14-19(26-2)15-8-10-17(21)11-9-15;/h3-11,16,19,25H,12-14H2,1-2H3,(H,22,24);1H2/t16-,19+;/m0./s1. The van der Waals surface area contributed by atoms with Crippen LogP contribution in [0.15, 0.2) is 54.6 Å². The number of nitrogens with zero attached hydrogens (tertiary/aromatic N) is 1. The van der Waals surface area contributed by atoms with Gasteiger partial charge in [0.2, 0.25) is 5.91 Å². The fraction of sp³-hybridized carbons (Fsp3) is 0.350. The maximum Gasteiger partial charge on any atom is 0.246 e. The summed E-state index contributed by atoms with van der Waals surface area (Å²) in [7, 11) is 3.51. The molecule has 5 nitrogen and oxygen atoms in total. The van der Waals surface area contributed by atoms with Gasteiger partial charge in [-0.1, -0.05) is 30.3 Å². The quantitative estimate of drug-likeness (QED) is 0.503. The summed E-state index contributed by atoms with van der Waals surface area (Å²) in [5.41, 5.74) is 3.59. The maximum absolute atomic E-state index is 13.1. The number of carbonyl (C=O) groups is 1. The Kier molecular flexibility index (Phi) is 9.85. The molecule has 2 rings (SSSR count). The van der Waals surface area contributed by atoms with Crippen molar-refractivity contribution in [2.24, 2.45) is 5.92 Å². The van der Waals surface area contributed by atoms with Gasteiger partial charge in [-0.25, -0.2) is 9.87 Å². The Bertz CT molecular complexity index is 685. The second-order valence-corrected chi connectivity index (χ2v) is 6.23. The minimum atomic E-state index is -0.448. The molecule has 0 spiro atoms.